The molecule has 0 saturated carbocycles. The van der Waals surface area contributed by atoms with Crippen molar-refractivity contribution in [2.45, 2.75) is 26.3 Å². The number of para-hydroxylation sites is 1. The van der Waals surface area contributed by atoms with Gasteiger partial charge in [-0.25, -0.2) is 4.98 Å². The molecule has 0 amide bonds. The smallest absolute Gasteiger partial charge is 0.261 e. The van der Waals surface area contributed by atoms with Gasteiger partial charge in [-0.1, -0.05) is 38.1 Å². The van der Waals surface area contributed by atoms with E-state index in [0.717, 1.165) is 11.3 Å². The average Bonchev–Trinajstić information content (AvgIpc) is 2.57. The van der Waals surface area contributed by atoms with Gasteiger partial charge in [-0.2, -0.15) is 0 Å². The maximum Gasteiger partial charge on any atom is 0.261 e. The van der Waals surface area contributed by atoms with Crippen LogP contribution in [-0.4, -0.2) is 16.2 Å². The number of fused-ring (bicyclic) bond motifs is 1. The van der Waals surface area contributed by atoms with Crippen LogP contribution in [0.4, 0.5) is 0 Å². The van der Waals surface area contributed by atoms with Gasteiger partial charge in [-0.3, -0.25) is 9.36 Å². The monoisotopic (exact) mass is 308 g/mol. The summed E-state index contributed by atoms with van der Waals surface area (Å²) in [4.78, 5) is 16.7. The minimum atomic E-state index is -0.0330. The SMILES string of the molecule is CC(C)c1ccc(OCCn2cnc3ccccc3c2=O)cc1. The van der Waals surface area contributed by atoms with Crippen LogP contribution in [0.1, 0.15) is 25.3 Å². The van der Waals surface area contributed by atoms with E-state index in [2.05, 4.69) is 31.0 Å². The van der Waals surface area contributed by atoms with Crippen molar-refractivity contribution in [1.82, 2.24) is 9.55 Å². The average molecular weight is 308 g/mol. The molecule has 0 aliphatic heterocycles. The zero-order valence-electron chi connectivity index (χ0n) is 13.4. The van der Waals surface area contributed by atoms with Gasteiger partial charge in [-0.05, 0) is 35.7 Å². The maximum absolute atomic E-state index is 12.4. The Hall–Kier alpha value is -2.62. The maximum atomic E-state index is 12.4. The Morgan fingerprint density at radius 2 is 1.83 bits per heavy atom. The lowest BCUT2D eigenvalue weighted by Crippen LogP contribution is -2.23. The van der Waals surface area contributed by atoms with Crippen molar-refractivity contribution in [3.05, 3.63) is 70.8 Å². The van der Waals surface area contributed by atoms with Gasteiger partial charge in [0, 0.05) is 0 Å². The number of hydrogen-bond donors (Lipinski definition) is 0. The summed E-state index contributed by atoms with van der Waals surface area (Å²) in [5, 5.41) is 0.635. The quantitative estimate of drug-likeness (QED) is 0.723. The summed E-state index contributed by atoms with van der Waals surface area (Å²) in [7, 11) is 0. The molecule has 0 aliphatic carbocycles. The van der Waals surface area contributed by atoms with Gasteiger partial charge in [0.15, 0.2) is 0 Å². The van der Waals surface area contributed by atoms with Crippen molar-refractivity contribution in [1.29, 1.82) is 0 Å². The summed E-state index contributed by atoms with van der Waals surface area (Å²) in [6.07, 6.45) is 1.58. The molecule has 23 heavy (non-hydrogen) atoms. The Bertz CT molecular complexity index is 851. The zero-order chi connectivity index (χ0) is 16.2. The third kappa shape index (κ3) is 3.42. The lowest BCUT2D eigenvalue weighted by molar-refractivity contribution is 0.296. The molecule has 4 heteroatoms. The number of benzene rings is 2. The topological polar surface area (TPSA) is 44.1 Å². The van der Waals surface area contributed by atoms with Crippen LogP contribution in [0.25, 0.3) is 10.9 Å². The molecule has 0 bridgehead atoms. The number of aromatic nitrogens is 2. The molecule has 4 nitrogen and oxygen atoms in total. The van der Waals surface area contributed by atoms with Crippen molar-refractivity contribution in [3.63, 3.8) is 0 Å². The molecule has 0 aliphatic rings. The minimum absolute atomic E-state index is 0.0330. The lowest BCUT2D eigenvalue weighted by atomic mass is 10.0. The van der Waals surface area contributed by atoms with E-state index in [-0.39, 0.29) is 5.56 Å². The summed E-state index contributed by atoms with van der Waals surface area (Å²) in [5.74, 6) is 1.32. The van der Waals surface area contributed by atoms with Crippen LogP contribution in [0.3, 0.4) is 0 Å². The molecule has 3 aromatic rings. The highest BCUT2D eigenvalue weighted by molar-refractivity contribution is 5.76. The second kappa shape index (κ2) is 6.65. The van der Waals surface area contributed by atoms with E-state index < -0.39 is 0 Å². The highest BCUT2D eigenvalue weighted by Crippen LogP contribution is 2.18. The van der Waals surface area contributed by atoms with Crippen LogP contribution in [0.5, 0.6) is 5.75 Å². The number of ether oxygens (including phenoxy) is 1. The van der Waals surface area contributed by atoms with Crippen molar-refractivity contribution in [2.75, 3.05) is 6.61 Å². The molecule has 118 valence electrons. The van der Waals surface area contributed by atoms with Crippen LogP contribution < -0.4 is 10.3 Å². The molecule has 0 spiro atoms. The molecule has 2 aromatic carbocycles. The Labute approximate surface area is 135 Å². The van der Waals surface area contributed by atoms with Crippen LogP contribution >= 0.6 is 0 Å². The largest absolute Gasteiger partial charge is 0.492 e. The second-order valence-corrected chi connectivity index (χ2v) is 5.83. The Kier molecular flexibility index (Phi) is 4.42. The third-order valence-corrected chi connectivity index (χ3v) is 3.88. The van der Waals surface area contributed by atoms with Gasteiger partial charge < -0.3 is 4.74 Å². The first kappa shape index (κ1) is 15.3. The molecule has 3 rings (SSSR count). The standard InChI is InChI=1S/C19H20N2O2/c1-14(2)15-7-9-16(10-8-15)23-12-11-21-13-20-18-6-4-3-5-17(18)19(21)22/h3-10,13-14H,11-12H2,1-2H3. The van der Waals surface area contributed by atoms with Crippen LogP contribution in [0, 0.1) is 0 Å². The van der Waals surface area contributed by atoms with Crippen molar-refractivity contribution < 1.29 is 4.74 Å². The lowest BCUT2D eigenvalue weighted by Gasteiger charge is -2.10. The third-order valence-electron chi connectivity index (χ3n) is 3.88. The fourth-order valence-corrected chi connectivity index (χ4v) is 2.48. The van der Waals surface area contributed by atoms with Gasteiger partial charge in [0.25, 0.3) is 5.56 Å². The Morgan fingerprint density at radius 1 is 1.09 bits per heavy atom. The van der Waals surface area contributed by atoms with Crippen LogP contribution in [-0.2, 0) is 6.54 Å². The molecule has 0 saturated heterocycles. The number of nitrogens with zero attached hydrogens (tertiary/aromatic N) is 2. The Morgan fingerprint density at radius 3 is 2.57 bits per heavy atom. The van der Waals surface area contributed by atoms with E-state index >= 15 is 0 Å². The minimum Gasteiger partial charge on any atom is -0.492 e. The molecule has 1 heterocycles. The van der Waals surface area contributed by atoms with Gasteiger partial charge in [0.05, 0.1) is 23.8 Å². The molecule has 0 atom stereocenters. The van der Waals surface area contributed by atoms with E-state index in [1.807, 2.05) is 30.3 Å². The number of rotatable bonds is 5. The van der Waals surface area contributed by atoms with E-state index in [0.29, 0.717) is 24.5 Å². The van der Waals surface area contributed by atoms with E-state index in [1.54, 1.807) is 17.0 Å². The fourth-order valence-electron chi connectivity index (χ4n) is 2.48. The summed E-state index contributed by atoms with van der Waals surface area (Å²) < 4.78 is 7.31. The van der Waals surface area contributed by atoms with Gasteiger partial charge in [-0.15, -0.1) is 0 Å². The normalized spacial score (nSPS) is 11.1. The molecular weight excluding hydrogens is 288 g/mol. The van der Waals surface area contributed by atoms with E-state index in [1.165, 1.54) is 5.56 Å². The van der Waals surface area contributed by atoms with Crippen molar-refractivity contribution >= 4 is 10.9 Å². The fraction of sp³-hybridized carbons (Fsp3) is 0.263. The predicted molar refractivity (Wildman–Crippen MR) is 92.0 cm³/mol. The first-order chi connectivity index (χ1) is 11.1. The predicted octanol–water partition coefficient (Wildman–Crippen LogP) is 3.60. The Balaban J connectivity index is 1.67. The summed E-state index contributed by atoms with van der Waals surface area (Å²) in [6.45, 7) is 5.23. The first-order valence-electron chi connectivity index (χ1n) is 7.82. The first-order valence-corrected chi connectivity index (χ1v) is 7.82. The molecule has 0 N–H and O–H groups in total. The van der Waals surface area contributed by atoms with Crippen LogP contribution in [0.15, 0.2) is 59.7 Å². The summed E-state index contributed by atoms with van der Waals surface area (Å²) in [5.41, 5.74) is 1.97. The molecule has 1 aromatic heterocycles. The molecule has 0 unspecified atom stereocenters. The zero-order valence-corrected chi connectivity index (χ0v) is 13.4. The van der Waals surface area contributed by atoms with Gasteiger partial charge in [0.1, 0.15) is 12.4 Å². The van der Waals surface area contributed by atoms with Gasteiger partial charge in [0.2, 0.25) is 0 Å². The molecule has 0 radical (unpaired) electrons. The summed E-state index contributed by atoms with van der Waals surface area (Å²) >= 11 is 0. The van der Waals surface area contributed by atoms with Crippen molar-refractivity contribution in [2.24, 2.45) is 0 Å². The molecule has 0 fully saturated rings. The highest BCUT2D eigenvalue weighted by Gasteiger charge is 2.04. The van der Waals surface area contributed by atoms with E-state index in [4.69, 9.17) is 4.74 Å². The second-order valence-electron chi connectivity index (χ2n) is 5.83. The van der Waals surface area contributed by atoms with Crippen LogP contribution in [0.2, 0.25) is 0 Å². The molecular formula is C19H20N2O2. The van der Waals surface area contributed by atoms with Crippen molar-refractivity contribution in [3.8, 4) is 5.75 Å². The van der Waals surface area contributed by atoms with E-state index in [9.17, 15) is 4.79 Å². The highest BCUT2D eigenvalue weighted by atomic mass is 16.5. The number of hydrogen-bond acceptors (Lipinski definition) is 3. The van der Waals surface area contributed by atoms with Gasteiger partial charge >= 0.3 is 0 Å². The summed E-state index contributed by atoms with van der Waals surface area (Å²) in [6, 6.07) is 15.5.